The van der Waals surface area contributed by atoms with Gasteiger partial charge in [-0.1, -0.05) is 6.08 Å². The lowest BCUT2D eigenvalue weighted by atomic mass is 9.96. The monoisotopic (exact) mass is 307 g/mol. The molecule has 1 atom stereocenters. The van der Waals surface area contributed by atoms with E-state index in [0.717, 1.165) is 11.6 Å². The summed E-state index contributed by atoms with van der Waals surface area (Å²) < 4.78 is 0. The second kappa shape index (κ2) is 6.48. The highest BCUT2D eigenvalue weighted by Crippen LogP contribution is 2.24. The highest BCUT2D eigenvalue weighted by atomic mass is 16.4. The first-order valence-electron chi connectivity index (χ1n) is 6.77. The van der Waals surface area contributed by atoms with Crippen LogP contribution in [0.25, 0.3) is 5.57 Å². The molecule has 2 heterocycles. The lowest BCUT2D eigenvalue weighted by molar-refractivity contribution is -0.135. The zero-order valence-corrected chi connectivity index (χ0v) is 12.3. The van der Waals surface area contributed by atoms with Crippen molar-refractivity contribution in [3.05, 3.63) is 23.5 Å². The van der Waals surface area contributed by atoms with Crippen LogP contribution < -0.4 is 0 Å². The number of aliphatic carboxylic acids is 2. The normalized spacial score (nSPS) is 19.8. The van der Waals surface area contributed by atoms with Crippen LogP contribution in [0, 0.1) is 0 Å². The van der Waals surface area contributed by atoms with Crippen molar-refractivity contribution in [2.45, 2.75) is 25.9 Å². The first-order chi connectivity index (χ1) is 10.4. The molecule has 1 aromatic heterocycles. The lowest BCUT2D eigenvalue weighted by Gasteiger charge is -2.31. The second-order valence-electron chi connectivity index (χ2n) is 4.94. The van der Waals surface area contributed by atoms with Gasteiger partial charge in [-0.25, -0.2) is 9.59 Å². The van der Waals surface area contributed by atoms with Gasteiger partial charge in [0.2, 0.25) is 5.82 Å². The molecule has 0 fully saturated rings. The summed E-state index contributed by atoms with van der Waals surface area (Å²) in [6, 6.07) is -0.501. The minimum atomic E-state index is -1.27. The van der Waals surface area contributed by atoms with Crippen molar-refractivity contribution in [1.29, 1.82) is 0 Å². The van der Waals surface area contributed by atoms with Crippen LogP contribution in [0.15, 0.2) is 17.7 Å². The highest BCUT2D eigenvalue weighted by molar-refractivity contribution is 5.95. The Morgan fingerprint density at radius 1 is 1.45 bits per heavy atom. The molecule has 0 radical (unpaired) electrons. The zero-order valence-electron chi connectivity index (χ0n) is 12.3. The van der Waals surface area contributed by atoms with Gasteiger partial charge in [-0.05, 0) is 25.6 Å². The first-order valence-corrected chi connectivity index (χ1v) is 6.77. The van der Waals surface area contributed by atoms with Crippen molar-refractivity contribution >= 4 is 17.5 Å². The molecule has 1 aliphatic rings. The fourth-order valence-electron chi connectivity index (χ4n) is 2.34. The summed E-state index contributed by atoms with van der Waals surface area (Å²) in [5.41, 5.74) is 0.703. The number of hydrogen-bond acceptors (Lipinski definition) is 6. The Balaban J connectivity index is 2.23. The summed E-state index contributed by atoms with van der Waals surface area (Å²) in [6.45, 7) is 2.94. The largest absolute Gasteiger partial charge is 0.478 e. The maximum Gasteiger partial charge on any atom is 0.333 e. The molecule has 1 unspecified atom stereocenters. The molecule has 2 N–H and O–H groups in total. The maximum atomic E-state index is 11.3. The Morgan fingerprint density at radius 2 is 2.18 bits per heavy atom. The number of carboxylic acid groups (broad SMARTS) is 2. The Hall–Kier alpha value is -2.55. The number of hydrogen-bond donors (Lipinski definition) is 2. The van der Waals surface area contributed by atoms with E-state index in [9.17, 15) is 14.7 Å². The van der Waals surface area contributed by atoms with E-state index in [-0.39, 0.29) is 5.57 Å². The Labute approximate surface area is 126 Å². The van der Waals surface area contributed by atoms with E-state index in [0.29, 0.717) is 25.3 Å². The van der Waals surface area contributed by atoms with Crippen LogP contribution in [0.5, 0.6) is 0 Å². The SMILES string of the molecule is CCn1nnc(C2=CCC(/C(=C/C(=O)O)C(=O)O)N(C)C2)n1. The summed E-state index contributed by atoms with van der Waals surface area (Å²) in [6.07, 6.45) is 2.95. The van der Waals surface area contributed by atoms with Gasteiger partial charge < -0.3 is 10.2 Å². The van der Waals surface area contributed by atoms with E-state index in [2.05, 4.69) is 15.4 Å². The summed E-state index contributed by atoms with van der Waals surface area (Å²) in [5.74, 6) is -1.99. The van der Waals surface area contributed by atoms with Crippen LogP contribution in [0.3, 0.4) is 0 Å². The van der Waals surface area contributed by atoms with Crippen molar-refractivity contribution in [3.8, 4) is 0 Å². The van der Waals surface area contributed by atoms with E-state index in [4.69, 9.17) is 5.11 Å². The molecule has 1 aromatic rings. The molecule has 2 rings (SSSR count). The molecular formula is C13H17N5O4. The van der Waals surface area contributed by atoms with Crippen molar-refractivity contribution in [2.24, 2.45) is 0 Å². The van der Waals surface area contributed by atoms with Crippen molar-refractivity contribution < 1.29 is 19.8 Å². The van der Waals surface area contributed by atoms with E-state index in [1.807, 2.05) is 13.0 Å². The first kappa shape index (κ1) is 15.8. The van der Waals surface area contributed by atoms with Crippen molar-refractivity contribution in [2.75, 3.05) is 13.6 Å². The second-order valence-corrected chi connectivity index (χ2v) is 4.94. The van der Waals surface area contributed by atoms with Gasteiger partial charge in [0.1, 0.15) is 0 Å². The topological polar surface area (TPSA) is 121 Å². The number of carbonyl (C=O) groups is 2. The number of nitrogens with zero attached hydrogens (tertiary/aromatic N) is 5. The number of tetrazole rings is 1. The molecule has 0 spiro atoms. The van der Waals surface area contributed by atoms with E-state index >= 15 is 0 Å². The van der Waals surface area contributed by atoms with E-state index in [1.165, 1.54) is 4.80 Å². The third kappa shape index (κ3) is 3.37. The van der Waals surface area contributed by atoms with Gasteiger partial charge in [-0.2, -0.15) is 4.80 Å². The third-order valence-corrected chi connectivity index (χ3v) is 3.45. The molecule has 0 aromatic carbocycles. The standard InChI is InChI=1S/C13H17N5O4/c1-3-18-15-12(14-16-18)8-4-5-10(17(2)7-8)9(13(21)22)6-11(19)20/h4,6,10H,3,5,7H2,1-2H3,(H,19,20)(H,21,22)/b9-6-. The maximum absolute atomic E-state index is 11.3. The number of carboxylic acids is 2. The molecule has 0 aliphatic carbocycles. The molecular weight excluding hydrogens is 290 g/mol. The Kier molecular flexibility index (Phi) is 4.66. The van der Waals surface area contributed by atoms with Gasteiger partial charge >= 0.3 is 11.9 Å². The summed E-state index contributed by atoms with van der Waals surface area (Å²) in [5, 5.41) is 30.1. The number of rotatable bonds is 5. The highest BCUT2D eigenvalue weighted by Gasteiger charge is 2.29. The molecule has 0 amide bonds. The quantitative estimate of drug-likeness (QED) is 0.722. The average Bonchev–Trinajstić information content (AvgIpc) is 2.93. The van der Waals surface area contributed by atoms with Gasteiger partial charge in [0, 0.05) is 24.2 Å². The minimum absolute atomic E-state index is 0.143. The van der Waals surface area contributed by atoms with Gasteiger partial charge in [0.15, 0.2) is 0 Å². The smallest absolute Gasteiger partial charge is 0.333 e. The predicted molar refractivity (Wildman–Crippen MR) is 75.9 cm³/mol. The van der Waals surface area contributed by atoms with Gasteiger partial charge in [0.05, 0.1) is 12.1 Å². The zero-order chi connectivity index (χ0) is 16.3. The number of likely N-dealkylation sites (N-methyl/N-ethyl adjacent to an activating group) is 1. The van der Waals surface area contributed by atoms with Crippen LogP contribution in [-0.2, 0) is 16.1 Å². The molecule has 118 valence electrons. The third-order valence-electron chi connectivity index (χ3n) is 3.45. The molecule has 9 nitrogen and oxygen atoms in total. The van der Waals surface area contributed by atoms with Crippen LogP contribution in [0.4, 0.5) is 0 Å². The fraction of sp³-hybridized carbons (Fsp3) is 0.462. The van der Waals surface area contributed by atoms with Crippen LogP contribution in [0.1, 0.15) is 19.2 Å². The average molecular weight is 307 g/mol. The fourth-order valence-corrected chi connectivity index (χ4v) is 2.34. The van der Waals surface area contributed by atoms with E-state index in [1.54, 1.807) is 11.9 Å². The van der Waals surface area contributed by atoms with Crippen LogP contribution >= 0.6 is 0 Å². The Bertz CT molecular complexity index is 649. The van der Waals surface area contributed by atoms with Gasteiger partial charge in [-0.15, -0.1) is 10.2 Å². The van der Waals surface area contributed by atoms with Crippen molar-refractivity contribution in [3.63, 3.8) is 0 Å². The summed E-state index contributed by atoms with van der Waals surface area (Å²) in [4.78, 5) is 25.3. The Morgan fingerprint density at radius 3 is 2.68 bits per heavy atom. The van der Waals surface area contributed by atoms with Crippen LogP contribution in [0.2, 0.25) is 0 Å². The predicted octanol–water partition coefficient (Wildman–Crippen LogP) is -0.124. The molecule has 0 bridgehead atoms. The minimum Gasteiger partial charge on any atom is -0.478 e. The molecule has 22 heavy (non-hydrogen) atoms. The molecule has 0 saturated carbocycles. The van der Waals surface area contributed by atoms with Crippen LogP contribution in [-0.4, -0.2) is 66.9 Å². The lowest BCUT2D eigenvalue weighted by Crippen LogP contribution is -2.39. The number of aromatic nitrogens is 4. The molecule has 9 heteroatoms. The summed E-state index contributed by atoms with van der Waals surface area (Å²) in [7, 11) is 1.74. The van der Waals surface area contributed by atoms with Gasteiger partial charge in [0.25, 0.3) is 0 Å². The van der Waals surface area contributed by atoms with E-state index < -0.39 is 18.0 Å². The number of aryl methyl sites for hydroxylation is 1. The van der Waals surface area contributed by atoms with Crippen molar-refractivity contribution in [1.82, 2.24) is 25.1 Å². The molecule has 1 aliphatic heterocycles. The van der Waals surface area contributed by atoms with Gasteiger partial charge in [-0.3, -0.25) is 4.90 Å². The summed E-state index contributed by atoms with van der Waals surface area (Å²) >= 11 is 0. The molecule has 0 saturated heterocycles.